The van der Waals surface area contributed by atoms with Gasteiger partial charge in [-0.3, -0.25) is 4.98 Å². The van der Waals surface area contributed by atoms with Crippen molar-refractivity contribution in [2.75, 3.05) is 17.7 Å². The molecule has 0 amide bonds. The summed E-state index contributed by atoms with van der Waals surface area (Å²) in [5.74, 6) is 1.49. The molecule has 16 heavy (non-hydrogen) atoms. The molecule has 2 N–H and O–H groups in total. The van der Waals surface area contributed by atoms with E-state index in [0.717, 1.165) is 16.0 Å². The number of hydrogen-bond donors (Lipinski definition) is 2. The van der Waals surface area contributed by atoms with Crippen LogP contribution in [0.5, 0.6) is 0 Å². The average molecular weight is 255 g/mol. The topological polar surface area (TPSA) is 49.8 Å². The molecule has 0 aliphatic carbocycles. The van der Waals surface area contributed by atoms with Crippen molar-refractivity contribution in [1.29, 1.82) is 0 Å². The Balaban J connectivity index is 1.99. The lowest BCUT2D eigenvalue weighted by atomic mass is 10.4. The molecule has 0 aliphatic rings. The minimum Gasteiger partial charge on any atom is -0.372 e. The Hall–Kier alpha value is -1.33. The van der Waals surface area contributed by atoms with Gasteiger partial charge in [-0.15, -0.1) is 11.3 Å². The maximum Gasteiger partial charge on any atom is 0.147 e. The van der Waals surface area contributed by atoms with Gasteiger partial charge in [0.15, 0.2) is 0 Å². The highest BCUT2D eigenvalue weighted by atomic mass is 35.5. The van der Waals surface area contributed by atoms with Gasteiger partial charge in [0.25, 0.3) is 0 Å². The first kappa shape index (κ1) is 11.2. The normalized spacial score (nSPS) is 10.1. The van der Waals surface area contributed by atoms with E-state index < -0.39 is 0 Å². The summed E-state index contributed by atoms with van der Waals surface area (Å²) in [7, 11) is 1.81. The average Bonchev–Trinajstić information content (AvgIpc) is 2.73. The van der Waals surface area contributed by atoms with E-state index in [1.807, 2.05) is 19.2 Å². The molecule has 2 aromatic heterocycles. The zero-order valence-electron chi connectivity index (χ0n) is 8.70. The second-order valence-corrected chi connectivity index (χ2v) is 4.90. The zero-order valence-corrected chi connectivity index (χ0v) is 10.3. The van der Waals surface area contributed by atoms with Crippen LogP contribution in [0.2, 0.25) is 4.34 Å². The van der Waals surface area contributed by atoms with E-state index >= 15 is 0 Å². The van der Waals surface area contributed by atoms with Crippen LogP contribution >= 0.6 is 22.9 Å². The van der Waals surface area contributed by atoms with E-state index in [1.165, 1.54) is 4.88 Å². The van der Waals surface area contributed by atoms with Crippen molar-refractivity contribution in [2.24, 2.45) is 0 Å². The maximum absolute atomic E-state index is 5.84. The molecule has 2 rings (SSSR count). The molecular formula is C10H11ClN4S. The molecule has 84 valence electrons. The molecule has 2 heterocycles. The van der Waals surface area contributed by atoms with Crippen LogP contribution in [0.4, 0.5) is 11.6 Å². The second-order valence-electron chi connectivity index (χ2n) is 3.10. The smallest absolute Gasteiger partial charge is 0.147 e. The highest BCUT2D eigenvalue weighted by Crippen LogP contribution is 2.22. The summed E-state index contributed by atoms with van der Waals surface area (Å²) in [5.41, 5.74) is 0. The van der Waals surface area contributed by atoms with Crippen LogP contribution in [0.25, 0.3) is 0 Å². The number of aromatic nitrogens is 2. The Kier molecular flexibility index (Phi) is 3.58. The predicted octanol–water partition coefficient (Wildman–Crippen LogP) is 2.85. The third-order valence-corrected chi connectivity index (χ3v) is 3.19. The summed E-state index contributed by atoms with van der Waals surface area (Å²) in [6, 6.07) is 3.88. The molecule has 0 aromatic carbocycles. The van der Waals surface area contributed by atoms with E-state index in [-0.39, 0.29) is 0 Å². The first-order valence-electron chi connectivity index (χ1n) is 4.76. The standard InChI is InChI=1S/C10H11ClN4S/c1-12-9-5-13-6-10(15-9)14-4-7-2-3-8(11)16-7/h2-3,5-6H,4H2,1H3,(H2,12,14,15). The third kappa shape index (κ3) is 2.84. The van der Waals surface area contributed by atoms with Gasteiger partial charge in [-0.2, -0.15) is 0 Å². The molecule has 0 spiro atoms. The van der Waals surface area contributed by atoms with Crippen LogP contribution in [0, 0.1) is 0 Å². The minimum atomic E-state index is 0.708. The molecule has 0 fully saturated rings. The molecule has 0 bridgehead atoms. The van der Waals surface area contributed by atoms with E-state index in [0.29, 0.717) is 6.54 Å². The Morgan fingerprint density at radius 2 is 2.12 bits per heavy atom. The van der Waals surface area contributed by atoms with Crippen LogP contribution in [0.15, 0.2) is 24.5 Å². The van der Waals surface area contributed by atoms with Crippen LogP contribution in [-0.4, -0.2) is 17.0 Å². The highest BCUT2D eigenvalue weighted by molar-refractivity contribution is 7.16. The van der Waals surface area contributed by atoms with Gasteiger partial charge in [0, 0.05) is 11.9 Å². The Morgan fingerprint density at radius 3 is 2.81 bits per heavy atom. The summed E-state index contributed by atoms with van der Waals surface area (Å²) < 4.78 is 0.798. The monoisotopic (exact) mass is 254 g/mol. The molecule has 4 nitrogen and oxygen atoms in total. The fraction of sp³-hybridized carbons (Fsp3) is 0.200. The summed E-state index contributed by atoms with van der Waals surface area (Å²) in [5, 5.41) is 6.12. The summed E-state index contributed by atoms with van der Waals surface area (Å²) >= 11 is 7.40. The molecule has 0 saturated heterocycles. The number of anilines is 2. The predicted molar refractivity (Wildman–Crippen MR) is 68.2 cm³/mol. The van der Waals surface area contributed by atoms with Crippen molar-refractivity contribution in [3.8, 4) is 0 Å². The van der Waals surface area contributed by atoms with Crippen molar-refractivity contribution in [3.63, 3.8) is 0 Å². The van der Waals surface area contributed by atoms with Gasteiger partial charge >= 0.3 is 0 Å². The van der Waals surface area contributed by atoms with Crippen LogP contribution < -0.4 is 10.6 Å². The van der Waals surface area contributed by atoms with Gasteiger partial charge < -0.3 is 10.6 Å². The minimum absolute atomic E-state index is 0.708. The lowest BCUT2D eigenvalue weighted by Crippen LogP contribution is -2.02. The lowest BCUT2D eigenvalue weighted by molar-refractivity contribution is 1.10. The van der Waals surface area contributed by atoms with Crippen molar-refractivity contribution in [2.45, 2.75) is 6.54 Å². The first-order chi connectivity index (χ1) is 7.78. The van der Waals surface area contributed by atoms with Gasteiger partial charge in [0.2, 0.25) is 0 Å². The van der Waals surface area contributed by atoms with Crippen LogP contribution in [0.3, 0.4) is 0 Å². The molecule has 6 heteroatoms. The van der Waals surface area contributed by atoms with Gasteiger partial charge in [-0.25, -0.2) is 4.98 Å². The summed E-state index contributed by atoms with van der Waals surface area (Å²) in [4.78, 5) is 9.53. The molecular weight excluding hydrogens is 244 g/mol. The molecule has 0 unspecified atom stereocenters. The number of nitrogens with zero attached hydrogens (tertiary/aromatic N) is 2. The number of thiophene rings is 1. The van der Waals surface area contributed by atoms with Gasteiger partial charge in [-0.1, -0.05) is 11.6 Å². The molecule has 0 atom stereocenters. The highest BCUT2D eigenvalue weighted by Gasteiger charge is 1.99. The fourth-order valence-electron chi connectivity index (χ4n) is 1.20. The van der Waals surface area contributed by atoms with E-state index in [2.05, 4.69) is 20.6 Å². The fourth-order valence-corrected chi connectivity index (χ4v) is 2.22. The quantitative estimate of drug-likeness (QED) is 0.881. The number of rotatable bonds is 4. The van der Waals surface area contributed by atoms with Crippen molar-refractivity contribution in [3.05, 3.63) is 33.7 Å². The Bertz CT molecular complexity index is 471. The second kappa shape index (κ2) is 5.14. The molecule has 0 saturated carbocycles. The lowest BCUT2D eigenvalue weighted by Gasteiger charge is -2.04. The van der Waals surface area contributed by atoms with Gasteiger partial charge in [0.05, 0.1) is 23.3 Å². The Labute approximate surface area is 103 Å². The number of halogens is 1. The van der Waals surface area contributed by atoms with Crippen molar-refractivity contribution < 1.29 is 0 Å². The summed E-state index contributed by atoms with van der Waals surface area (Å²) in [6.07, 6.45) is 3.36. The Morgan fingerprint density at radius 1 is 1.31 bits per heavy atom. The SMILES string of the molecule is CNc1cncc(NCc2ccc(Cl)s2)n1. The number of hydrogen-bond acceptors (Lipinski definition) is 5. The van der Waals surface area contributed by atoms with Crippen molar-refractivity contribution >= 4 is 34.6 Å². The van der Waals surface area contributed by atoms with E-state index in [4.69, 9.17) is 11.6 Å². The molecule has 2 aromatic rings. The molecule has 0 aliphatic heterocycles. The van der Waals surface area contributed by atoms with E-state index in [1.54, 1.807) is 23.7 Å². The van der Waals surface area contributed by atoms with Crippen LogP contribution in [0.1, 0.15) is 4.88 Å². The first-order valence-corrected chi connectivity index (χ1v) is 5.95. The largest absolute Gasteiger partial charge is 0.372 e. The van der Waals surface area contributed by atoms with Crippen molar-refractivity contribution in [1.82, 2.24) is 9.97 Å². The summed E-state index contributed by atoms with van der Waals surface area (Å²) in [6.45, 7) is 0.708. The van der Waals surface area contributed by atoms with E-state index in [9.17, 15) is 0 Å². The number of nitrogens with one attached hydrogen (secondary N) is 2. The third-order valence-electron chi connectivity index (χ3n) is 1.96. The van der Waals surface area contributed by atoms with Gasteiger partial charge in [0.1, 0.15) is 11.6 Å². The zero-order chi connectivity index (χ0) is 11.4. The van der Waals surface area contributed by atoms with Crippen LogP contribution in [-0.2, 0) is 6.54 Å². The maximum atomic E-state index is 5.84. The molecule has 0 radical (unpaired) electrons. The van der Waals surface area contributed by atoms with Gasteiger partial charge in [-0.05, 0) is 12.1 Å².